The van der Waals surface area contributed by atoms with Gasteiger partial charge in [-0.15, -0.1) is 0 Å². The fraction of sp³-hybridized carbons (Fsp3) is 0.154. The van der Waals surface area contributed by atoms with Gasteiger partial charge in [-0.05, 0) is 45.8 Å². The Bertz CT molecular complexity index is 497. The van der Waals surface area contributed by atoms with Crippen molar-refractivity contribution in [3.8, 4) is 0 Å². The van der Waals surface area contributed by atoms with Gasteiger partial charge in [-0.1, -0.05) is 28.1 Å². The molecule has 0 amide bonds. The number of rotatable bonds is 4. The van der Waals surface area contributed by atoms with Crippen molar-refractivity contribution < 1.29 is 0 Å². The van der Waals surface area contributed by atoms with Gasteiger partial charge in [0.1, 0.15) is 0 Å². The second kappa shape index (κ2) is 6.43. The molecule has 5 heteroatoms. The molecule has 3 N–H and O–H groups in total. The Labute approximate surface area is 123 Å². The quantitative estimate of drug-likeness (QED) is 0.640. The molecule has 0 radical (unpaired) electrons. The molecule has 0 aliphatic heterocycles. The lowest BCUT2D eigenvalue weighted by Crippen LogP contribution is -2.29. The van der Waals surface area contributed by atoms with Gasteiger partial charge in [0.15, 0.2) is 0 Å². The third-order valence-electron chi connectivity index (χ3n) is 2.68. The van der Waals surface area contributed by atoms with Crippen molar-refractivity contribution in [2.24, 2.45) is 5.84 Å². The molecule has 0 fully saturated rings. The van der Waals surface area contributed by atoms with Crippen molar-refractivity contribution in [2.45, 2.75) is 12.5 Å². The van der Waals surface area contributed by atoms with Crippen molar-refractivity contribution in [1.82, 2.24) is 10.4 Å². The van der Waals surface area contributed by atoms with Gasteiger partial charge >= 0.3 is 0 Å². The number of nitrogens with zero attached hydrogens (tertiary/aromatic N) is 1. The molecule has 1 atom stereocenters. The average Bonchev–Trinajstić information content (AvgIpc) is 2.39. The maximum atomic E-state index is 5.62. The molecule has 0 aliphatic carbocycles. The van der Waals surface area contributed by atoms with Crippen LogP contribution in [0.1, 0.15) is 17.3 Å². The lowest BCUT2D eigenvalue weighted by atomic mass is 10.0. The van der Waals surface area contributed by atoms with Gasteiger partial charge in [-0.2, -0.15) is 0 Å². The van der Waals surface area contributed by atoms with E-state index in [1.165, 1.54) is 0 Å². The number of halogens is 2. The van der Waals surface area contributed by atoms with Crippen LogP contribution in [-0.2, 0) is 6.42 Å². The van der Waals surface area contributed by atoms with Crippen LogP contribution >= 0.6 is 31.9 Å². The van der Waals surface area contributed by atoms with Crippen LogP contribution in [-0.4, -0.2) is 4.98 Å². The predicted octanol–water partition coefficient (Wildman–Crippen LogP) is 3.35. The summed E-state index contributed by atoms with van der Waals surface area (Å²) in [7, 11) is 0. The predicted molar refractivity (Wildman–Crippen MR) is 79.8 cm³/mol. The molecule has 3 nitrogen and oxygen atoms in total. The van der Waals surface area contributed by atoms with E-state index in [1.807, 2.05) is 36.4 Å². The number of hydrogen-bond donors (Lipinski definition) is 2. The zero-order valence-electron chi connectivity index (χ0n) is 9.61. The van der Waals surface area contributed by atoms with Gasteiger partial charge in [0.2, 0.25) is 0 Å². The van der Waals surface area contributed by atoms with Crippen LogP contribution in [0.2, 0.25) is 0 Å². The van der Waals surface area contributed by atoms with Gasteiger partial charge in [0, 0.05) is 27.3 Å². The molecule has 1 unspecified atom stereocenters. The topological polar surface area (TPSA) is 50.9 Å². The molecule has 0 saturated carbocycles. The molecule has 0 aliphatic rings. The van der Waals surface area contributed by atoms with E-state index in [9.17, 15) is 0 Å². The number of benzene rings is 1. The molecule has 2 aromatic rings. The number of hydrazine groups is 1. The van der Waals surface area contributed by atoms with Gasteiger partial charge in [0.25, 0.3) is 0 Å². The largest absolute Gasteiger partial charge is 0.271 e. The molecule has 94 valence electrons. The van der Waals surface area contributed by atoms with Gasteiger partial charge in [-0.25, -0.2) is 0 Å². The van der Waals surface area contributed by atoms with Crippen LogP contribution in [0.5, 0.6) is 0 Å². The minimum atomic E-state index is 0.0618. The van der Waals surface area contributed by atoms with Gasteiger partial charge < -0.3 is 0 Å². The molecule has 1 aromatic heterocycles. The molecular weight excluding hydrogens is 358 g/mol. The van der Waals surface area contributed by atoms with E-state index in [-0.39, 0.29) is 6.04 Å². The molecule has 0 spiro atoms. The minimum absolute atomic E-state index is 0.0618. The second-order valence-corrected chi connectivity index (χ2v) is 5.77. The molecular formula is C13H13Br2N3. The number of aromatic nitrogens is 1. The normalized spacial score (nSPS) is 12.4. The summed E-state index contributed by atoms with van der Waals surface area (Å²) in [5.74, 6) is 5.62. The summed E-state index contributed by atoms with van der Waals surface area (Å²) in [5.41, 5.74) is 4.98. The fourth-order valence-corrected chi connectivity index (χ4v) is 2.20. The van der Waals surface area contributed by atoms with E-state index < -0.39 is 0 Å². The maximum absolute atomic E-state index is 5.62. The number of nitrogens with two attached hydrogens (primary N) is 1. The first-order valence-electron chi connectivity index (χ1n) is 5.51. The highest BCUT2D eigenvalue weighted by atomic mass is 79.9. The lowest BCUT2D eigenvalue weighted by Gasteiger charge is -2.16. The van der Waals surface area contributed by atoms with E-state index in [2.05, 4.69) is 42.3 Å². The standard InChI is InChI=1S/C13H13Br2N3/c14-10-3-1-9(2-4-10)13(18-16)7-12-6-5-11(15)8-17-12/h1-6,8,13,18H,7,16H2. The summed E-state index contributed by atoms with van der Waals surface area (Å²) < 4.78 is 2.04. The fourth-order valence-electron chi connectivity index (χ4n) is 1.70. The zero-order chi connectivity index (χ0) is 13.0. The van der Waals surface area contributed by atoms with Crippen LogP contribution < -0.4 is 11.3 Å². The Hall–Kier alpha value is -0.750. The average molecular weight is 371 g/mol. The first-order chi connectivity index (χ1) is 8.69. The molecule has 2 rings (SSSR count). The molecule has 1 aromatic carbocycles. The second-order valence-electron chi connectivity index (χ2n) is 3.94. The highest BCUT2D eigenvalue weighted by Gasteiger charge is 2.11. The number of hydrogen-bond acceptors (Lipinski definition) is 3. The SMILES string of the molecule is NNC(Cc1ccc(Br)cn1)c1ccc(Br)cc1. The number of nitrogens with one attached hydrogen (secondary N) is 1. The summed E-state index contributed by atoms with van der Waals surface area (Å²) >= 11 is 6.80. The van der Waals surface area contributed by atoms with E-state index in [0.717, 1.165) is 26.6 Å². The highest BCUT2D eigenvalue weighted by Crippen LogP contribution is 2.20. The van der Waals surface area contributed by atoms with Gasteiger partial charge in [0.05, 0.1) is 6.04 Å². The zero-order valence-corrected chi connectivity index (χ0v) is 12.8. The van der Waals surface area contributed by atoms with E-state index in [0.29, 0.717) is 0 Å². The Balaban J connectivity index is 2.14. The third-order valence-corrected chi connectivity index (χ3v) is 3.67. The summed E-state index contributed by atoms with van der Waals surface area (Å²) in [6, 6.07) is 12.2. The van der Waals surface area contributed by atoms with E-state index >= 15 is 0 Å². The molecule has 18 heavy (non-hydrogen) atoms. The van der Waals surface area contributed by atoms with Crippen molar-refractivity contribution in [2.75, 3.05) is 0 Å². The number of pyridine rings is 1. The molecule has 0 bridgehead atoms. The van der Waals surface area contributed by atoms with Crippen molar-refractivity contribution in [3.63, 3.8) is 0 Å². The first kappa shape index (κ1) is 13.7. The van der Waals surface area contributed by atoms with Crippen molar-refractivity contribution >= 4 is 31.9 Å². The third kappa shape index (κ3) is 3.62. The van der Waals surface area contributed by atoms with Crippen LogP contribution in [0.4, 0.5) is 0 Å². The highest BCUT2D eigenvalue weighted by molar-refractivity contribution is 9.10. The minimum Gasteiger partial charge on any atom is -0.271 e. The Morgan fingerprint density at radius 3 is 2.28 bits per heavy atom. The summed E-state index contributed by atoms with van der Waals surface area (Å²) in [4.78, 5) is 4.36. The maximum Gasteiger partial charge on any atom is 0.0515 e. The van der Waals surface area contributed by atoms with Crippen LogP contribution in [0.3, 0.4) is 0 Å². The monoisotopic (exact) mass is 369 g/mol. The first-order valence-corrected chi connectivity index (χ1v) is 7.09. The van der Waals surface area contributed by atoms with E-state index in [4.69, 9.17) is 5.84 Å². The molecule has 1 heterocycles. The Morgan fingerprint density at radius 2 is 1.72 bits per heavy atom. The van der Waals surface area contributed by atoms with Crippen LogP contribution in [0.25, 0.3) is 0 Å². The summed E-state index contributed by atoms with van der Waals surface area (Å²) in [5, 5.41) is 0. The Kier molecular flexibility index (Phi) is 4.88. The Morgan fingerprint density at radius 1 is 1.06 bits per heavy atom. The summed E-state index contributed by atoms with van der Waals surface area (Å²) in [6.45, 7) is 0. The van der Waals surface area contributed by atoms with Crippen molar-refractivity contribution in [3.05, 3.63) is 62.8 Å². The van der Waals surface area contributed by atoms with Crippen molar-refractivity contribution in [1.29, 1.82) is 0 Å². The summed E-state index contributed by atoms with van der Waals surface area (Å²) in [6.07, 6.45) is 2.55. The molecule has 0 saturated heterocycles. The smallest absolute Gasteiger partial charge is 0.0515 e. The van der Waals surface area contributed by atoms with Gasteiger partial charge in [-0.3, -0.25) is 16.3 Å². The van der Waals surface area contributed by atoms with E-state index in [1.54, 1.807) is 6.20 Å². The van der Waals surface area contributed by atoms with Crippen LogP contribution in [0, 0.1) is 0 Å². The lowest BCUT2D eigenvalue weighted by molar-refractivity contribution is 0.546. The van der Waals surface area contributed by atoms with Crippen LogP contribution in [0.15, 0.2) is 51.5 Å².